The number of halogens is 2. The molecule has 0 aliphatic rings. The number of hydrogen-bond acceptors (Lipinski definition) is 3. The number of aromatic carboxylic acids is 1. The number of para-hydroxylation sites is 1. The molecule has 0 aromatic heterocycles. The topological polar surface area (TPSA) is 58.6 Å². The molecule has 0 aliphatic heterocycles. The molecule has 2 N–H and O–H groups in total. The Morgan fingerprint density at radius 1 is 1.20 bits per heavy atom. The summed E-state index contributed by atoms with van der Waals surface area (Å²) in [4.78, 5) is 11.2. The fourth-order valence-electron chi connectivity index (χ4n) is 1.72. The van der Waals surface area contributed by atoms with Crippen LogP contribution >= 0.6 is 23.2 Å². The van der Waals surface area contributed by atoms with Gasteiger partial charge in [0.05, 0.1) is 29.1 Å². The van der Waals surface area contributed by atoms with Gasteiger partial charge in [-0.2, -0.15) is 0 Å². The Kier molecular flexibility index (Phi) is 4.37. The molecule has 104 valence electrons. The summed E-state index contributed by atoms with van der Waals surface area (Å²) in [5.41, 5.74) is 0.931. The van der Waals surface area contributed by atoms with Gasteiger partial charge in [-0.15, -0.1) is 0 Å². The number of hydrogen-bond donors (Lipinski definition) is 2. The molecule has 0 heterocycles. The van der Waals surface area contributed by atoms with E-state index in [9.17, 15) is 4.79 Å². The Balaban J connectivity index is 2.48. The second kappa shape index (κ2) is 6.03. The Morgan fingerprint density at radius 2 is 1.90 bits per heavy atom. The van der Waals surface area contributed by atoms with Crippen LogP contribution in [0.25, 0.3) is 0 Å². The number of benzene rings is 2. The van der Waals surface area contributed by atoms with Gasteiger partial charge in [0.2, 0.25) is 0 Å². The molecule has 2 aromatic carbocycles. The minimum Gasteiger partial charge on any atom is -0.495 e. The zero-order valence-electron chi connectivity index (χ0n) is 10.5. The second-order valence-electron chi connectivity index (χ2n) is 3.91. The van der Waals surface area contributed by atoms with Gasteiger partial charge in [-0.1, -0.05) is 35.3 Å². The molecule has 0 spiro atoms. The third-order valence-electron chi connectivity index (χ3n) is 2.69. The summed E-state index contributed by atoms with van der Waals surface area (Å²) >= 11 is 12.3. The highest BCUT2D eigenvalue weighted by Gasteiger charge is 2.15. The Morgan fingerprint density at radius 3 is 2.55 bits per heavy atom. The lowest BCUT2D eigenvalue weighted by Gasteiger charge is -2.14. The fourth-order valence-corrected chi connectivity index (χ4v) is 2.26. The zero-order chi connectivity index (χ0) is 14.7. The molecule has 2 aromatic rings. The van der Waals surface area contributed by atoms with E-state index in [1.54, 1.807) is 30.3 Å². The van der Waals surface area contributed by atoms with Crippen LogP contribution in [0.3, 0.4) is 0 Å². The summed E-state index contributed by atoms with van der Waals surface area (Å²) in [7, 11) is 1.49. The number of anilines is 2. The van der Waals surface area contributed by atoms with Crippen LogP contribution < -0.4 is 10.1 Å². The molecule has 0 amide bonds. The Hall–Kier alpha value is -1.91. The van der Waals surface area contributed by atoms with E-state index in [-0.39, 0.29) is 5.56 Å². The summed E-state index contributed by atoms with van der Waals surface area (Å²) in [5.74, 6) is -0.588. The van der Waals surface area contributed by atoms with E-state index in [0.717, 1.165) is 0 Å². The number of methoxy groups -OCH3 is 1. The SMILES string of the molecule is COc1ccc(Cl)c(Nc2ccccc2C(=O)O)c1Cl. The highest BCUT2D eigenvalue weighted by atomic mass is 35.5. The van der Waals surface area contributed by atoms with Crippen LogP contribution in [0.15, 0.2) is 36.4 Å². The van der Waals surface area contributed by atoms with E-state index in [4.69, 9.17) is 33.0 Å². The number of rotatable bonds is 4. The fraction of sp³-hybridized carbons (Fsp3) is 0.0714. The van der Waals surface area contributed by atoms with Crippen molar-refractivity contribution in [1.82, 2.24) is 0 Å². The molecule has 0 saturated heterocycles. The number of carboxylic acid groups (broad SMARTS) is 1. The quantitative estimate of drug-likeness (QED) is 0.876. The van der Waals surface area contributed by atoms with Gasteiger partial charge in [0.1, 0.15) is 10.8 Å². The molecule has 0 unspecified atom stereocenters. The molecule has 0 saturated carbocycles. The summed E-state index contributed by atoms with van der Waals surface area (Å²) < 4.78 is 5.11. The predicted molar refractivity (Wildman–Crippen MR) is 79.7 cm³/mol. The van der Waals surface area contributed by atoms with Crippen molar-refractivity contribution in [3.05, 3.63) is 52.0 Å². The molecule has 0 aliphatic carbocycles. The lowest BCUT2D eigenvalue weighted by Crippen LogP contribution is -2.03. The summed E-state index contributed by atoms with van der Waals surface area (Å²) in [6, 6.07) is 9.75. The molecule has 2 rings (SSSR count). The van der Waals surface area contributed by atoms with Gasteiger partial charge in [0, 0.05) is 0 Å². The second-order valence-corrected chi connectivity index (χ2v) is 4.70. The standard InChI is InChI=1S/C14H11Cl2NO3/c1-20-11-7-6-9(15)13(12(11)16)17-10-5-3-2-4-8(10)14(18)19/h2-7,17H,1H3,(H,18,19). The Labute approximate surface area is 125 Å². The molecular formula is C14H11Cl2NO3. The third-order valence-corrected chi connectivity index (χ3v) is 3.38. The Bertz CT molecular complexity index is 659. The van der Waals surface area contributed by atoms with Crippen molar-refractivity contribution in [3.8, 4) is 5.75 Å². The van der Waals surface area contributed by atoms with E-state index >= 15 is 0 Å². The number of carbonyl (C=O) groups is 1. The molecule has 0 fully saturated rings. The average Bonchev–Trinajstić information content (AvgIpc) is 2.44. The maximum atomic E-state index is 11.2. The van der Waals surface area contributed by atoms with Crippen molar-refractivity contribution in [2.75, 3.05) is 12.4 Å². The first-order valence-electron chi connectivity index (χ1n) is 5.66. The van der Waals surface area contributed by atoms with Gasteiger partial charge >= 0.3 is 5.97 Å². The van der Waals surface area contributed by atoms with Gasteiger partial charge in [-0.25, -0.2) is 4.79 Å². The van der Waals surface area contributed by atoms with E-state index in [0.29, 0.717) is 27.2 Å². The van der Waals surface area contributed by atoms with Crippen molar-refractivity contribution in [1.29, 1.82) is 0 Å². The van der Waals surface area contributed by atoms with Gasteiger partial charge < -0.3 is 15.2 Å². The summed E-state index contributed by atoms with van der Waals surface area (Å²) in [6.45, 7) is 0. The molecule has 0 atom stereocenters. The molecular weight excluding hydrogens is 301 g/mol. The van der Waals surface area contributed by atoms with Crippen LogP contribution in [0, 0.1) is 0 Å². The van der Waals surface area contributed by atoms with E-state index in [1.165, 1.54) is 13.2 Å². The number of ether oxygens (including phenoxy) is 1. The summed E-state index contributed by atoms with van der Waals surface area (Å²) in [6.07, 6.45) is 0. The van der Waals surface area contributed by atoms with Crippen molar-refractivity contribution >= 4 is 40.5 Å². The monoisotopic (exact) mass is 311 g/mol. The van der Waals surface area contributed by atoms with Crippen LogP contribution in [0.5, 0.6) is 5.75 Å². The van der Waals surface area contributed by atoms with Gasteiger partial charge in [0.15, 0.2) is 0 Å². The molecule has 0 bridgehead atoms. The molecule has 0 radical (unpaired) electrons. The normalized spacial score (nSPS) is 10.2. The van der Waals surface area contributed by atoms with Crippen molar-refractivity contribution < 1.29 is 14.6 Å². The van der Waals surface area contributed by atoms with Crippen LogP contribution in [-0.4, -0.2) is 18.2 Å². The van der Waals surface area contributed by atoms with Crippen LogP contribution in [-0.2, 0) is 0 Å². The third kappa shape index (κ3) is 2.81. The van der Waals surface area contributed by atoms with Gasteiger partial charge in [-0.05, 0) is 24.3 Å². The first kappa shape index (κ1) is 14.5. The largest absolute Gasteiger partial charge is 0.495 e. The van der Waals surface area contributed by atoms with E-state index in [1.807, 2.05) is 0 Å². The highest BCUT2D eigenvalue weighted by Crippen LogP contribution is 2.39. The minimum atomic E-state index is -1.04. The average molecular weight is 312 g/mol. The number of nitrogens with one attached hydrogen (secondary N) is 1. The smallest absolute Gasteiger partial charge is 0.337 e. The maximum absolute atomic E-state index is 11.2. The molecule has 4 nitrogen and oxygen atoms in total. The predicted octanol–water partition coefficient (Wildman–Crippen LogP) is 4.44. The van der Waals surface area contributed by atoms with Gasteiger partial charge in [-0.3, -0.25) is 0 Å². The first-order valence-corrected chi connectivity index (χ1v) is 6.41. The minimum absolute atomic E-state index is 0.127. The zero-order valence-corrected chi connectivity index (χ0v) is 12.0. The number of carboxylic acids is 1. The van der Waals surface area contributed by atoms with Crippen molar-refractivity contribution in [2.24, 2.45) is 0 Å². The van der Waals surface area contributed by atoms with E-state index in [2.05, 4.69) is 5.32 Å². The van der Waals surface area contributed by atoms with Crippen LogP contribution in [0.1, 0.15) is 10.4 Å². The molecule has 6 heteroatoms. The summed E-state index contributed by atoms with van der Waals surface area (Å²) in [5, 5.41) is 12.8. The lowest BCUT2D eigenvalue weighted by atomic mass is 10.1. The first-order chi connectivity index (χ1) is 9.54. The van der Waals surface area contributed by atoms with Gasteiger partial charge in [0.25, 0.3) is 0 Å². The lowest BCUT2D eigenvalue weighted by molar-refractivity contribution is 0.0698. The molecule has 20 heavy (non-hydrogen) atoms. The van der Waals surface area contributed by atoms with Crippen molar-refractivity contribution in [2.45, 2.75) is 0 Å². The van der Waals surface area contributed by atoms with Crippen molar-refractivity contribution in [3.63, 3.8) is 0 Å². The van der Waals surface area contributed by atoms with Crippen LogP contribution in [0.4, 0.5) is 11.4 Å². The van der Waals surface area contributed by atoms with Crippen LogP contribution in [0.2, 0.25) is 10.0 Å². The highest BCUT2D eigenvalue weighted by molar-refractivity contribution is 6.40. The van der Waals surface area contributed by atoms with E-state index < -0.39 is 5.97 Å². The maximum Gasteiger partial charge on any atom is 0.337 e.